The number of hydrogen-bond donors (Lipinski definition) is 0. The van der Waals surface area contributed by atoms with Crippen LogP contribution in [0, 0.1) is 5.92 Å². The number of ketones is 1. The van der Waals surface area contributed by atoms with Crippen LogP contribution < -0.4 is 9.64 Å². The molecule has 1 heterocycles. The molecule has 0 bridgehead atoms. The van der Waals surface area contributed by atoms with Crippen molar-refractivity contribution in [1.29, 1.82) is 0 Å². The van der Waals surface area contributed by atoms with Crippen molar-refractivity contribution in [2.45, 2.75) is 40.2 Å². The van der Waals surface area contributed by atoms with Crippen molar-refractivity contribution >= 4 is 11.5 Å². The quantitative estimate of drug-likeness (QED) is 0.777. The Kier molecular flexibility index (Phi) is 4.13. The third kappa shape index (κ3) is 2.91. The van der Waals surface area contributed by atoms with Crippen LogP contribution in [0.15, 0.2) is 18.2 Å². The van der Waals surface area contributed by atoms with E-state index in [0.29, 0.717) is 5.92 Å². The van der Waals surface area contributed by atoms with Gasteiger partial charge in [0.1, 0.15) is 11.9 Å². The minimum absolute atomic E-state index is 0.102. The summed E-state index contributed by atoms with van der Waals surface area (Å²) in [7, 11) is 0. The van der Waals surface area contributed by atoms with Crippen LogP contribution in [0.1, 0.15) is 44.5 Å². The molecule has 0 amide bonds. The Labute approximate surface area is 115 Å². The number of rotatable bonds is 4. The van der Waals surface area contributed by atoms with Gasteiger partial charge >= 0.3 is 0 Å². The minimum atomic E-state index is 0.102. The third-order valence-corrected chi connectivity index (χ3v) is 3.62. The zero-order valence-corrected chi connectivity index (χ0v) is 12.3. The zero-order valence-electron chi connectivity index (χ0n) is 12.3. The summed E-state index contributed by atoms with van der Waals surface area (Å²) in [6.45, 7) is 10.1. The summed E-state index contributed by atoms with van der Waals surface area (Å²) in [5, 5.41) is 0. The van der Waals surface area contributed by atoms with Gasteiger partial charge in [0, 0.05) is 12.1 Å². The van der Waals surface area contributed by atoms with E-state index < -0.39 is 0 Å². The summed E-state index contributed by atoms with van der Waals surface area (Å²) >= 11 is 0. The van der Waals surface area contributed by atoms with Crippen molar-refractivity contribution in [2.24, 2.45) is 5.92 Å². The number of Topliss-reactive ketones (excluding diaryl/α,β-unsaturated/α-hetero) is 1. The second kappa shape index (κ2) is 5.64. The number of fused-ring (bicyclic) bond motifs is 1. The van der Waals surface area contributed by atoms with Gasteiger partial charge in [-0.1, -0.05) is 20.8 Å². The molecule has 0 fully saturated rings. The van der Waals surface area contributed by atoms with Gasteiger partial charge in [0.05, 0.1) is 12.2 Å². The number of ether oxygens (including phenoxy) is 1. The number of anilines is 1. The van der Waals surface area contributed by atoms with Crippen molar-refractivity contribution < 1.29 is 9.53 Å². The standard InChI is InChI=1S/C16H23NO2/c1-5-8-17-10-16(11(2)3)19-15-7-6-13(12(4)18)9-14(15)17/h6-7,9,11,16H,5,8,10H2,1-4H3. The Balaban J connectivity index is 2.36. The van der Waals surface area contributed by atoms with Crippen LogP contribution in [0.2, 0.25) is 0 Å². The maximum absolute atomic E-state index is 11.5. The molecule has 0 saturated heterocycles. The van der Waals surface area contributed by atoms with Crippen LogP contribution in [0.5, 0.6) is 5.75 Å². The number of nitrogens with zero attached hydrogens (tertiary/aromatic N) is 1. The molecule has 1 aliphatic heterocycles. The van der Waals surface area contributed by atoms with E-state index in [9.17, 15) is 4.79 Å². The molecule has 2 rings (SSSR count). The van der Waals surface area contributed by atoms with Crippen LogP contribution in [0.25, 0.3) is 0 Å². The molecule has 104 valence electrons. The number of carbonyl (C=O) groups is 1. The number of carbonyl (C=O) groups excluding carboxylic acids is 1. The molecule has 1 aromatic carbocycles. The normalized spacial score (nSPS) is 18.2. The molecule has 1 aromatic rings. The molecule has 1 aliphatic rings. The summed E-state index contributed by atoms with van der Waals surface area (Å²) in [5.74, 6) is 1.49. The van der Waals surface area contributed by atoms with Crippen LogP contribution in [-0.2, 0) is 0 Å². The summed E-state index contributed by atoms with van der Waals surface area (Å²) < 4.78 is 6.05. The van der Waals surface area contributed by atoms with E-state index in [4.69, 9.17) is 4.74 Å². The zero-order chi connectivity index (χ0) is 14.0. The topological polar surface area (TPSA) is 29.5 Å². The van der Waals surface area contributed by atoms with Gasteiger partial charge in [-0.3, -0.25) is 4.79 Å². The van der Waals surface area contributed by atoms with Crippen molar-refractivity contribution in [3.8, 4) is 5.75 Å². The lowest BCUT2D eigenvalue weighted by atomic mass is 10.0. The smallest absolute Gasteiger partial charge is 0.159 e. The largest absolute Gasteiger partial charge is 0.486 e. The summed E-state index contributed by atoms with van der Waals surface area (Å²) in [5.41, 5.74) is 1.82. The highest BCUT2D eigenvalue weighted by atomic mass is 16.5. The predicted octanol–water partition coefficient (Wildman–Crippen LogP) is 3.52. The maximum atomic E-state index is 11.5. The first-order valence-electron chi connectivity index (χ1n) is 7.09. The lowest BCUT2D eigenvalue weighted by Crippen LogP contribution is -2.43. The van der Waals surface area contributed by atoms with Gasteiger partial charge in [-0.2, -0.15) is 0 Å². The summed E-state index contributed by atoms with van der Waals surface area (Å²) in [6, 6.07) is 5.75. The molecule has 0 saturated carbocycles. The SMILES string of the molecule is CCCN1CC(C(C)C)Oc2ccc(C(C)=O)cc21. The Morgan fingerprint density at radius 2 is 2.21 bits per heavy atom. The summed E-state index contributed by atoms with van der Waals surface area (Å²) in [6.07, 6.45) is 1.32. The van der Waals surface area contributed by atoms with Gasteiger partial charge in [-0.15, -0.1) is 0 Å². The molecule has 0 spiro atoms. The second-order valence-electron chi connectivity index (χ2n) is 5.59. The average molecular weight is 261 g/mol. The van der Waals surface area contributed by atoms with Gasteiger partial charge < -0.3 is 9.64 Å². The fraction of sp³-hybridized carbons (Fsp3) is 0.562. The lowest BCUT2D eigenvalue weighted by molar-refractivity contribution is 0.101. The maximum Gasteiger partial charge on any atom is 0.159 e. The highest BCUT2D eigenvalue weighted by Crippen LogP contribution is 2.36. The van der Waals surface area contributed by atoms with Gasteiger partial charge in [0.2, 0.25) is 0 Å². The number of benzene rings is 1. The first kappa shape index (κ1) is 13.9. The van der Waals surface area contributed by atoms with Crippen molar-refractivity contribution in [3.05, 3.63) is 23.8 Å². The first-order valence-corrected chi connectivity index (χ1v) is 7.09. The van der Waals surface area contributed by atoms with Crippen LogP contribution in [0.3, 0.4) is 0 Å². The molecule has 1 atom stereocenters. The van der Waals surface area contributed by atoms with Crippen molar-refractivity contribution in [3.63, 3.8) is 0 Å². The van der Waals surface area contributed by atoms with Crippen LogP contribution >= 0.6 is 0 Å². The van der Waals surface area contributed by atoms with Gasteiger partial charge in [-0.05, 0) is 37.5 Å². The van der Waals surface area contributed by atoms with E-state index in [1.165, 1.54) is 0 Å². The average Bonchev–Trinajstić information content (AvgIpc) is 2.38. The lowest BCUT2D eigenvalue weighted by Gasteiger charge is -2.38. The Morgan fingerprint density at radius 1 is 1.47 bits per heavy atom. The highest BCUT2D eigenvalue weighted by Gasteiger charge is 2.27. The molecular weight excluding hydrogens is 238 g/mol. The molecule has 0 N–H and O–H groups in total. The highest BCUT2D eigenvalue weighted by molar-refractivity contribution is 5.95. The van der Waals surface area contributed by atoms with Crippen LogP contribution in [-0.4, -0.2) is 25.0 Å². The van der Waals surface area contributed by atoms with E-state index in [-0.39, 0.29) is 11.9 Å². The van der Waals surface area contributed by atoms with Crippen molar-refractivity contribution in [1.82, 2.24) is 0 Å². The number of hydrogen-bond acceptors (Lipinski definition) is 3. The molecule has 19 heavy (non-hydrogen) atoms. The third-order valence-electron chi connectivity index (χ3n) is 3.62. The van der Waals surface area contributed by atoms with Gasteiger partial charge in [0.25, 0.3) is 0 Å². The second-order valence-corrected chi connectivity index (χ2v) is 5.59. The Morgan fingerprint density at radius 3 is 2.79 bits per heavy atom. The van der Waals surface area contributed by atoms with E-state index in [2.05, 4.69) is 25.7 Å². The summed E-state index contributed by atoms with van der Waals surface area (Å²) in [4.78, 5) is 13.9. The molecule has 0 aliphatic carbocycles. The Hall–Kier alpha value is -1.51. The predicted molar refractivity (Wildman–Crippen MR) is 78.2 cm³/mol. The Bertz CT molecular complexity index is 468. The van der Waals surface area contributed by atoms with E-state index in [1.807, 2.05) is 18.2 Å². The molecule has 0 radical (unpaired) electrons. The van der Waals surface area contributed by atoms with E-state index >= 15 is 0 Å². The molecule has 3 nitrogen and oxygen atoms in total. The minimum Gasteiger partial charge on any atom is -0.486 e. The molecule has 3 heteroatoms. The van der Waals surface area contributed by atoms with E-state index in [0.717, 1.165) is 36.5 Å². The van der Waals surface area contributed by atoms with Gasteiger partial charge in [-0.25, -0.2) is 0 Å². The first-order chi connectivity index (χ1) is 9.02. The fourth-order valence-corrected chi connectivity index (χ4v) is 2.43. The fourth-order valence-electron chi connectivity index (χ4n) is 2.43. The molecule has 0 aromatic heterocycles. The molecular formula is C16H23NO2. The van der Waals surface area contributed by atoms with Crippen molar-refractivity contribution in [2.75, 3.05) is 18.0 Å². The van der Waals surface area contributed by atoms with Crippen LogP contribution in [0.4, 0.5) is 5.69 Å². The monoisotopic (exact) mass is 261 g/mol. The van der Waals surface area contributed by atoms with E-state index in [1.54, 1.807) is 6.92 Å². The van der Waals surface area contributed by atoms with Gasteiger partial charge in [0.15, 0.2) is 5.78 Å². The molecule has 1 unspecified atom stereocenters.